The van der Waals surface area contributed by atoms with E-state index in [4.69, 9.17) is 14.9 Å². The third-order valence-electron chi connectivity index (χ3n) is 5.29. The summed E-state index contributed by atoms with van der Waals surface area (Å²) in [5, 5.41) is 3.05. The van der Waals surface area contributed by atoms with Gasteiger partial charge in [-0.1, -0.05) is 13.8 Å². The van der Waals surface area contributed by atoms with Crippen LogP contribution >= 0.6 is 0 Å². The molecule has 3 rings (SSSR count). The van der Waals surface area contributed by atoms with E-state index in [1.165, 1.54) is 0 Å². The summed E-state index contributed by atoms with van der Waals surface area (Å²) in [6, 6.07) is 3.75. The Bertz CT molecular complexity index is 526. The highest BCUT2D eigenvalue weighted by Crippen LogP contribution is 2.58. The molecular formula is C16H24N2O3. The smallest absolute Gasteiger partial charge is 0.241 e. The molecule has 1 aromatic heterocycles. The van der Waals surface area contributed by atoms with Gasteiger partial charge in [-0.05, 0) is 25.5 Å². The topological polar surface area (TPSA) is 77.5 Å². The number of furan rings is 1. The average molecular weight is 292 g/mol. The van der Waals surface area contributed by atoms with Gasteiger partial charge in [-0.15, -0.1) is 0 Å². The van der Waals surface area contributed by atoms with Crippen LogP contribution in [0.25, 0.3) is 0 Å². The molecule has 4 unspecified atom stereocenters. The van der Waals surface area contributed by atoms with Crippen LogP contribution in [0.1, 0.15) is 33.0 Å². The van der Waals surface area contributed by atoms with Crippen molar-refractivity contribution in [2.75, 3.05) is 6.61 Å². The van der Waals surface area contributed by atoms with Crippen molar-refractivity contribution in [2.24, 2.45) is 17.1 Å². The lowest BCUT2D eigenvalue weighted by Gasteiger charge is -2.60. The Morgan fingerprint density at radius 2 is 2.33 bits per heavy atom. The first-order valence-corrected chi connectivity index (χ1v) is 7.61. The summed E-state index contributed by atoms with van der Waals surface area (Å²) < 4.78 is 11.0. The SMILES string of the molecule is CC(Cc1ccco1)NC(=O)C1(N)C2CCOC2C1(C)C. The van der Waals surface area contributed by atoms with Crippen LogP contribution in [0, 0.1) is 11.3 Å². The molecule has 0 bridgehead atoms. The Labute approximate surface area is 125 Å². The number of nitrogens with two attached hydrogens (primary N) is 1. The lowest BCUT2D eigenvalue weighted by molar-refractivity contribution is -0.175. The van der Waals surface area contributed by atoms with Crippen LogP contribution in [0.15, 0.2) is 22.8 Å². The number of hydrogen-bond acceptors (Lipinski definition) is 4. The van der Waals surface area contributed by atoms with Crippen molar-refractivity contribution < 1.29 is 13.9 Å². The van der Waals surface area contributed by atoms with Gasteiger partial charge in [0.2, 0.25) is 5.91 Å². The molecule has 1 aliphatic heterocycles. The first kappa shape index (κ1) is 14.6. The van der Waals surface area contributed by atoms with Crippen molar-refractivity contribution in [1.82, 2.24) is 5.32 Å². The molecule has 116 valence electrons. The van der Waals surface area contributed by atoms with Crippen LogP contribution in [0.5, 0.6) is 0 Å². The second-order valence-corrected chi connectivity index (χ2v) is 6.94. The normalized spacial score (nSPS) is 34.9. The first-order valence-electron chi connectivity index (χ1n) is 7.61. The van der Waals surface area contributed by atoms with E-state index in [2.05, 4.69) is 5.32 Å². The standard InChI is InChI=1S/C16H24N2O3/c1-10(9-11-5-4-7-20-11)18-14(19)16(17)12-6-8-21-13(12)15(16,2)3/h4-5,7,10,12-13H,6,8-9,17H2,1-3H3,(H,18,19). The van der Waals surface area contributed by atoms with Crippen molar-refractivity contribution in [3.8, 4) is 0 Å². The first-order chi connectivity index (χ1) is 9.87. The molecule has 4 atom stereocenters. The number of carbonyl (C=O) groups excluding carboxylic acids is 1. The van der Waals surface area contributed by atoms with Crippen LogP contribution < -0.4 is 11.1 Å². The Hall–Kier alpha value is -1.33. The van der Waals surface area contributed by atoms with Gasteiger partial charge >= 0.3 is 0 Å². The highest BCUT2D eigenvalue weighted by molar-refractivity contribution is 5.89. The molecule has 1 saturated carbocycles. The lowest BCUT2D eigenvalue weighted by Crippen LogP contribution is -2.80. The van der Waals surface area contributed by atoms with Crippen LogP contribution in [0.2, 0.25) is 0 Å². The van der Waals surface area contributed by atoms with Gasteiger partial charge in [0.1, 0.15) is 11.3 Å². The number of hydrogen-bond donors (Lipinski definition) is 2. The molecule has 5 heteroatoms. The van der Waals surface area contributed by atoms with E-state index >= 15 is 0 Å². The largest absolute Gasteiger partial charge is 0.469 e. The number of fused-ring (bicyclic) bond motifs is 1. The Morgan fingerprint density at radius 3 is 3.00 bits per heavy atom. The molecule has 1 amide bonds. The molecule has 0 radical (unpaired) electrons. The fourth-order valence-corrected chi connectivity index (χ4v) is 3.97. The third kappa shape index (κ3) is 2.02. The van der Waals surface area contributed by atoms with Gasteiger partial charge in [-0.2, -0.15) is 0 Å². The number of carbonyl (C=O) groups is 1. The van der Waals surface area contributed by atoms with Gasteiger partial charge < -0.3 is 20.2 Å². The maximum Gasteiger partial charge on any atom is 0.241 e. The summed E-state index contributed by atoms with van der Waals surface area (Å²) in [6.07, 6.45) is 3.28. The van der Waals surface area contributed by atoms with Gasteiger partial charge in [0.15, 0.2) is 0 Å². The predicted molar refractivity (Wildman–Crippen MR) is 78.6 cm³/mol. The number of nitrogens with one attached hydrogen (secondary N) is 1. The minimum Gasteiger partial charge on any atom is -0.469 e. The van der Waals surface area contributed by atoms with Gasteiger partial charge in [-0.25, -0.2) is 0 Å². The maximum absolute atomic E-state index is 12.7. The molecule has 0 aromatic carbocycles. The Morgan fingerprint density at radius 1 is 1.57 bits per heavy atom. The average Bonchev–Trinajstić information content (AvgIpc) is 3.06. The molecule has 5 nitrogen and oxygen atoms in total. The number of amides is 1. The van der Waals surface area contributed by atoms with Crippen molar-refractivity contribution in [1.29, 1.82) is 0 Å². The molecule has 21 heavy (non-hydrogen) atoms. The Kier molecular flexibility index (Phi) is 3.37. The monoisotopic (exact) mass is 292 g/mol. The summed E-state index contributed by atoms with van der Waals surface area (Å²) in [5.41, 5.74) is 5.34. The van der Waals surface area contributed by atoms with Crippen molar-refractivity contribution in [3.05, 3.63) is 24.2 Å². The van der Waals surface area contributed by atoms with Crippen LogP contribution in [0.3, 0.4) is 0 Å². The van der Waals surface area contributed by atoms with Crippen molar-refractivity contribution in [2.45, 2.75) is 51.3 Å². The van der Waals surface area contributed by atoms with Crippen LogP contribution in [0.4, 0.5) is 0 Å². The van der Waals surface area contributed by atoms with Gasteiger partial charge in [-0.3, -0.25) is 4.79 Å². The zero-order valence-electron chi connectivity index (χ0n) is 12.9. The second kappa shape index (κ2) is 4.85. The molecule has 1 aliphatic carbocycles. The molecule has 1 aromatic rings. The van der Waals surface area contributed by atoms with Crippen LogP contribution in [-0.2, 0) is 16.0 Å². The minimum atomic E-state index is -0.842. The minimum absolute atomic E-state index is 0.0127. The number of rotatable bonds is 4. The van der Waals surface area contributed by atoms with Gasteiger partial charge in [0, 0.05) is 30.4 Å². The highest BCUT2D eigenvalue weighted by Gasteiger charge is 2.71. The van der Waals surface area contributed by atoms with E-state index in [-0.39, 0.29) is 29.4 Å². The second-order valence-electron chi connectivity index (χ2n) is 6.94. The molecule has 3 N–H and O–H groups in total. The third-order valence-corrected chi connectivity index (χ3v) is 5.29. The van der Waals surface area contributed by atoms with Gasteiger partial charge in [0.05, 0.1) is 12.4 Å². The quantitative estimate of drug-likeness (QED) is 0.881. The van der Waals surface area contributed by atoms with Crippen LogP contribution in [-0.4, -0.2) is 30.2 Å². The van der Waals surface area contributed by atoms with Gasteiger partial charge in [0.25, 0.3) is 0 Å². The van der Waals surface area contributed by atoms with E-state index in [0.717, 1.165) is 12.2 Å². The molecule has 2 fully saturated rings. The number of ether oxygens (including phenoxy) is 1. The van der Waals surface area contributed by atoms with Crippen molar-refractivity contribution >= 4 is 5.91 Å². The zero-order valence-corrected chi connectivity index (χ0v) is 12.9. The van der Waals surface area contributed by atoms with E-state index in [1.807, 2.05) is 32.9 Å². The maximum atomic E-state index is 12.7. The zero-order chi connectivity index (χ0) is 15.3. The molecule has 2 aliphatic rings. The molecule has 2 heterocycles. The summed E-state index contributed by atoms with van der Waals surface area (Å²) >= 11 is 0. The Balaban J connectivity index is 1.67. The molecular weight excluding hydrogens is 268 g/mol. The fourth-order valence-electron chi connectivity index (χ4n) is 3.97. The summed E-state index contributed by atoms with van der Waals surface area (Å²) in [5.74, 6) is 0.922. The molecule has 0 spiro atoms. The van der Waals surface area contributed by atoms with E-state index in [1.54, 1.807) is 6.26 Å². The van der Waals surface area contributed by atoms with E-state index < -0.39 is 5.54 Å². The van der Waals surface area contributed by atoms with E-state index in [9.17, 15) is 4.79 Å². The predicted octanol–water partition coefficient (Wildman–Crippen LogP) is 1.47. The molecule has 1 saturated heterocycles. The summed E-state index contributed by atoms with van der Waals surface area (Å²) in [6.45, 7) is 6.72. The van der Waals surface area contributed by atoms with E-state index in [0.29, 0.717) is 13.0 Å². The fraction of sp³-hybridized carbons (Fsp3) is 0.688. The summed E-state index contributed by atoms with van der Waals surface area (Å²) in [4.78, 5) is 12.7. The van der Waals surface area contributed by atoms with Crippen molar-refractivity contribution in [3.63, 3.8) is 0 Å². The summed E-state index contributed by atoms with van der Waals surface area (Å²) in [7, 11) is 0. The highest BCUT2D eigenvalue weighted by atomic mass is 16.5. The lowest BCUT2D eigenvalue weighted by atomic mass is 9.48.